The van der Waals surface area contributed by atoms with Crippen LogP contribution in [-0.2, 0) is 6.42 Å². The Labute approximate surface area is 162 Å². The molecule has 0 N–H and O–H groups in total. The van der Waals surface area contributed by atoms with Crippen LogP contribution in [0.2, 0.25) is 0 Å². The summed E-state index contributed by atoms with van der Waals surface area (Å²) in [6.07, 6.45) is 5.40. The van der Waals surface area contributed by atoms with Gasteiger partial charge in [0.25, 0.3) is 0 Å². The number of rotatable bonds is 3. The Morgan fingerprint density at radius 1 is 1.23 bits per heavy atom. The van der Waals surface area contributed by atoms with E-state index in [1.54, 1.807) is 26.2 Å². The quantitative estimate of drug-likeness (QED) is 0.695. The van der Waals surface area contributed by atoms with Crippen LogP contribution in [0.1, 0.15) is 50.2 Å². The smallest absolute Gasteiger partial charge is 0.149 e. The summed E-state index contributed by atoms with van der Waals surface area (Å²) in [4.78, 5) is 11.4. The van der Waals surface area contributed by atoms with Gasteiger partial charge in [-0.1, -0.05) is 24.3 Å². The maximum atomic E-state index is 14.6. The summed E-state index contributed by atoms with van der Waals surface area (Å²) >= 11 is 3.41. The number of benzene rings is 1. The van der Waals surface area contributed by atoms with Gasteiger partial charge in [-0.15, -0.1) is 0 Å². The molecule has 0 fully saturated rings. The minimum Gasteiger partial charge on any atom is -0.284 e. The van der Waals surface area contributed by atoms with Crippen molar-refractivity contribution in [2.45, 2.75) is 51.4 Å². The van der Waals surface area contributed by atoms with Gasteiger partial charge in [-0.25, -0.2) is 14.4 Å². The van der Waals surface area contributed by atoms with E-state index in [0.29, 0.717) is 6.54 Å². The highest BCUT2D eigenvalue weighted by Gasteiger charge is 2.41. The fourth-order valence-electron chi connectivity index (χ4n) is 4.27. The van der Waals surface area contributed by atoms with E-state index < -0.39 is 5.67 Å². The van der Waals surface area contributed by atoms with Gasteiger partial charge < -0.3 is 0 Å². The average molecular weight is 416 g/mol. The molecule has 0 saturated heterocycles. The Morgan fingerprint density at radius 2 is 1.92 bits per heavy atom. The van der Waals surface area contributed by atoms with Gasteiger partial charge in [-0.05, 0) is 71.8 Å². The second-order valence-electron chi connectivity index (χ2n) is 7.94. The van der Waals surface area contributed by atoms with Gasteiger partial charge in [-0.3, -0.25) is 4.90 Å². The van der Waals surface area contributed by atoms with Gasteiger partial charge in [0.05, 0.1) is 10.5 Å². The molecule has 1 aliphatic carbocycles. The van der Waals surface area contributed by atoms with E-state index in [0.717, 1.165) is 23.1 Å². The average Bonchev–Trinajstić information content (AvgIpc) is 2.94. The fraction of sp³-hybridized carbons (Fsp3) is 0.429. The Kier molecular flexibility index (Phi) is 4.48. The second kappa shape index (κ2) is 6.54. The zero-order valence-electron chi connectivity index (χ0n) is 15.3. The SMILES string of the molecule is C[C@@H]1CC2=C(Cc3ccccc32)[C@@H](c2ncc(Br)cn2)N1CC(C)(C)F. The van der Waals surface area contributed by atoms with Crippen molar-refractivity contribution in [2.24, 2.45) is 0 Å². The molecule has 1 aliphatic heterocycles. The van der Waals surface area contributed by atoms with Crippen LogP contribution in [0.5, 0.6) is 0 Å². The molecule has 4 rings (SSSR count). The predicted octanol–water partition coefficient (Wildman–Crippen LogP) is 5.13. The highest BCUT2D eigenvalue weighted by molar-refractivity contribution is 9.10. The summed E-state index contributed by atoms with van der Waals surface area (Å²) in [5, 5.41) is 0. The van der Waals surface area contributed by atoms with Crippen LogP contribution < -0.4 is 0 Å². The molecule has 2 atom stereocenters. The third-order valence-corrected chi connectivity index (χ3v) is 5.69. The summed E-state index contributed by atoms with van der Waals surface area (Å²) in [5.41, 5.74) is 4.16. The van der Waals surface area contributed by atoms with Crippen molar-refractivity contribution in [3.63, 3.8) is 0 Å². The molecule has 2 aromatic rings. The topological polar surface area (TPSA) is 29.0 Å². The third-order valence-electron chi connectivity index (χ3n) is 5.28. The number of fused-ring (bicyclic) bond motifs is 2. The van der Waals surface area contributed by atoms with Crippen LogP contribution in [0, 0.1) is 0 Å². The summed E-state index contributed by atoms with van der Waals surface area (Å²) in [6, 6.07) is 8.74. The fourth-order valence-corrected chi connectivity index (χ4v) is 4.48. The van der Waals surface area contributed by atoms with Gasteiger partial charge in [0.1, 0.15) is 11.5 Å². The van der Waals surface area contributed by atoms with E-state index in [1.807, 2.05) is 0 Å². The van der Waals surface area contributed by atoms with Crippen molar-refractivity contribution < 1.29 is 4.39 Å². The maximum Gasteiger partial charge on any atom is 0.149 e. The van der Waals surface area contributed by atoms with E-state index in [-0.39, 0.29) is 12.1 Å². The van der Waals surface area contributed by atoms with Gasteiger partial charge in [0, 0.05) is 25.0 Å². The largest absolute Gasteiger partial charge is 0.284 e. The Bertz CT molecular complexity index is 854. The molecule has 2 heterocycles. The second-order valence-corrected chi connectivity index (χ2v) is 8.86. The van der Waals surface area contributed by atoms with Gasteiger partial charge >= 0.3 is 0 Å². The van der Waals surface area contributed by atoms with E-state index in [9.17, 15) is 4.39 Å². The van der Waals surface area contributed by atoms with Crippen molar-refractivity contribution in [3.8, 4) is 0 Å². The number of halogens is 2. The molecule has 2 aliphatic rings. The molecule has 0 saturated carbocycles. The Balaban J connectivity index is 1.82. The van der Waals surface area contributed by atoms with Crippen LogP contribution in [0.15, 0.2) is 46.7 Å². The zero-order chi connectivity index (χ0) is 18.5. The molecule has 136 valence electrons. The molecule has 0 amide bonds. The highest BCUT2D eigenvalue weighted by atomic mass is 79.9. The lowest BCUT2D eigenvalue weighted by Gasteiger charge is -2.43. The molecule has 5 heteroatoms. The number of hydrogen-bond acceptors (Lipinski definition) is 3. The van der Waals surface area contributed by atoms with E-state index >= 15 is 0 Å². The third kappa shape index (κ3) is 3.23. The highest BCUT2D eigenvalue weighted by Crippen LogP contribution is 2.48. The monoisotopic (exact) mass is 415 g/mol. The molecular weight excluding hydrogens is 393 g/mol. The van der Waals surface area contributed by atoms with Gasteiger partial charge in [-0.2, -0.15) is 0 Å². The predicted molar refractivity (Wildman–Crippen MR) is 106 cm³/mol. The molecule has 1 aromatic heterocycles. The molecule has 26 heavy (non-hydrogen) atoms. The Morgan fingerprint density at radius 3 is 2.62 bits per heavy atom. The van der Waals surface area contributed by atoms with Crippen molar-refractivity contribution in [1.29, 1.82) is 0 Å². The molecule has 3 nitrogen and oxygen atoms in total. The summed E-state index contributed by atoms with van der Waals surface area (Å²) < 4.78 is 15.5. The molecule has 0 radical (unpaired) electrons. The Hall–Kier alpha value is -1.59. The van der Waals surface area contributed by atoms with Gasteiger partial charge in [0.15, 0.2) is 0 Å². The normalized spacial score (nSPS) is 23.1. The van der Waals surface area contributed by atoms with Crippen molar-refractivity contribution >= 4 is 21.5 Å². The van der Waals surface area contributed by atoms with Crippen LogP contribution in [0.4, 0.5) is 4.39 Å². The van der Waals surface area contributed by atoms with Crippen LogP contribution >= 0.6 is 15.9 Å². The lowest BCUT2D eigenvalue weighted by molar-refractivity contribution is 0.0673. The summed E-state index contributed by atoms with van der Waals surface area (Å²) in [7, 11) is 0. The molecular formula is C21H23BrFN3. The molecule has 0 bridgehead atoms. The standard InChI is InChI=1S/C21H23BrFN3/c1-13-8-17-16-7-5-4-6-14(16)9-18(17)19(26(13)12-21(2,3)23)20-24-10-15(22)11-25-20/h4-7,10-11,13,19H,8-9,12H2,1-3H3/t13-,19+/m1/s1. The van der Waals surface area contributed by atoms with E-state index in [2.05, 4.69) is 62.0 Å². The minimum atomic E-state index is -1.27. The van der Waals surface area contributed by atoms with E-state index in [4.69, 9.17) is 0 Å². The van der Waals surface area contributed by atoms with Crippen LogP contribution in [0.3, 0.4) is 0 Å². The minimum absolute atomic E-state index is 0.0794. The zero-order valence-corrected chi connectivity index (χ0v) is 16.9. The first kappa shape index (κ1) is 17.8. The molecule has 1 aromatic carbocycles. The summed E-state index contributed by atoms with van der Waals surface area (Å²) in [6.45, 7) is 5.84. The molecule has 0 unspecified atom stereocenters. The first-order valence-electron chi connectivity index (χ1n) is 9.06. The van der Waals surface area contributed by atoms with Crippen LogP contribution in [-0.4, -0.2) is 33.1 Å². The van der Waals surface area contributed by atoms with Crippen molar-refractivity contribution in [3.05, 3.63) is 63.7 Å². The molecule has 0 spiro atoms. The number of alkyl halides is 1. The first-order chi connectivity index (χ1) is 12.3. The van der Waals surface area contributed by atoms with Crippen molar-refractivity contribution in [1.82, 2.24) is 14.9 Å². The lowest BCUT2D eigenvalue weighted by Crippen LogP contribution is -2.47. The number of hydrogen-bond donors (Lipinski definition) is 0. The number of aromatic nitrogens is 2. The van der Waals surface area contributed by atoms with Crippen molar-refractivity contribution in [2.75, 3.05) is 6.54 Å². The van der Waals surface area contributed by atoms with E-state index in [1.165, 1.54) is 22.3 Å². The summed E-state index contributed by atoms with van der Waals surface area (Å²) in [5.74, 6) is 0.754. The first-order valence-corrected chi connectivity index (χ1v) is 9.85. The lowest BCUT2D eigenvalue weighted by atomic mass is 9.87. The van der Waals surface area contributed by atoms with Crippen LogP contribution in [0.25, 0.3) is 5.57 Å². The number of nitrogens with zero attached hydrogens (tertiary/aromatic N) is 3. The van der Waals surface area contributed by atoms with Gasteiger partial charge in [0.2, 0.25) is 0 Å². The maximum absolute atomic E-state index is 14.6.